The van der Waals surface area contributed by atoms with Crippen molar-refractivity contribution in [3.8, 4) is 6.07 Å². The lowest BCUT2D eigenvalue weighted by Gasteiger charge is -2.03. The van der Waals surface area contributed by atoms with E-state index in [4.69, 9.17) is 5.26 Å². The summed E-state index contributed by atoms with van der Waals surface area (Å²) in [5.41, 5.74) is 1.20. The average molecular weight is 330 g/mol. The number of carbonyl (C=O) groups is 1. The van der Waals surface area contributed by atoms with Gasteiger partial charge in [0.1, 0.15) is 22.4 Å². The Labute approximate surface area is 134 Å². The SMILES string of the molecule is Cn1ncc2c(SCC(=O)Nc3sccc3C#N)ncnc21. The van der Waals surface area contributed by atoms with E-state index in [-0.39, 0.29) is 11.7 Å². The number of nitriles is 1. The van der Waals surface area contributed by atoms with Gasteiger partial charge in [-0.3, -0.25) is 9.48 Å². The second kappa shape index (κ2) is 6.13. The summed E-state index contributed by atoms with van der Waals surface area (Å²) in [6.07, 6.45) is 3.14. The smallest absolute Gasteiger partial charge is 0.235 e. The van der Waals surface area contributed by atoms with Crippen LogP contribution >= 0.6 is 23.1 Å². The highest BCUT2D eigenvalue weighted by atomic mass is 32.2. The molecule has 22 heavy (non-hydrogen) atoms. The number of nitrogens with zero attached hydrogens (tertiary/aromatic N) is 5. The summed E-state index contributed by atoms with van der Waals surface area (Å²) in [4.78, 5) is 20.3. The van der Waals surface area contributed by atoms with Crippen molar-refractivity contribution < 1.29 is 4.79 Å². The van der Waals surface area contributed by atoms with Gasteiger partial charge in [-0.2, -0.15) is 10.4 Å². The molecule has 0 unspecified atom stereocenters. The van der Waals surface area contributed by atoms with E-state index in [1.807, 2.05) is 6.07 Å². The fraction of sp³-hybridized carbons (Fsp3) is 0.154. The number of carbonyl (C=O) groups excluding carboxylic acids is 1. The van der Waals surface area contributed by atoms with Crippen LogP contribution in [0, 0.1) is 11.3 Å². The van der Waals surface area contributed by atoms with Crippen LogP contribution in [0.15, 0.2) is 29.0 Å². The predicted octanol–water partition coefficient (Wildman–Crippen LogP) is 2.03. The van der Waals surface area contributed by atoms with Gasteiger partial charge in [0.15, 0.2) is 5.65 Å². The molecule has 0 fully saturated rings. The summed E-state index contributed by atoms with van der Waals surface area (Å²) in [6.45, 7) is 0. The summed E-state index contributed by atoms with van der Waals surface area (Å²) in [6, 6.07) is 3.72. The minimum Gasteiger partial charge on any atom is -0.316 e. The van der Waals surface area contributed by atoms with Crippen LogP contribution in [0.3, 0.4) is 0 Å². The van der Waals surface area contributed by atoms with E-state index < -0.39 is 0 Å². The first kappa shape index (κ1) is 14.5. The van der Waals surface area contributed by atoms with Gasteiger partial charge in [-0.1, -0.05) is 11.8 Å². The Bertz CT molecular complexity index is 878. The van der Waals surface area contributed by atoms with E-state index in [0.29, 0.717) is 15.6 Å². The molecule has 0 saturated heterocycles. The van der Waals surface area contributed by atoms with E-state index in [9.17, 15) is 4.79 Å². The Morgan fingerprint density at radius 3 is 3.23 bits per heavy atom. The molecule has 0 atom stereocenters. The number of hydrogen-bond acceptors (Lipinski definition) is 7. The number of nitrogens with one attached hydrogen (secondary N) is 1. The van der Waals surface area contributed by atoms with E-state index in [1.54, 1.807) is 29.4 Å². The lowest BCUT2D eigenvalue weighted by molar-refractivity contribution is -0.113. The van der Waals surface area contributed by atoms with Crippen LogP contribution in [0.1, 0.15) is 5.56 Å². The number of anilines is 1. The van der Waals surface area contributed by atoms with Gasteiger partial charge in [0.05, 0.1) is 22.9 Å². The fourth-order valence-electron chi connectivity index (χ4n) is 1.85. The number of aromatic nitrogens is 4. The Morgan fingerprint density at radius 2 is 2.41 bits per heavy atom. The van der Waals surface area contributed by atoms with Gasteiger partial charge in [-0.25, -0.2) is 9.97 Å². The number of aryl methyl sites for hydroxylation is 1. The zero-order valence-electron chi connectivity index (χ0n) is 11.5. The van der Waals surface area contributed by atoms with Crippen molar-refractivity contribution in [2.45, 2.75) is 5.03 Å². The van der Waals surface area contributed by atoms with Crippen LogP contribution in [-0.4, -0.2) is 31.4 Å². The maximum atomic E-state index is 12.0. The molecule has 0 spiro atoms. The highest BCUT2D eigenvalue weighted by Crippen LogP contribution is 2.25. The monoisotopic (exact) mass is 330 g/mol. The van der Waals surface area contributed by atoms with Crippen molar-refractivity contribution in [1.29, 1.82) is 5.26 Å². The molecule has 0 saturated carbocycles. The molecule has 1 amide bonds. The lowest BCUT2D eigenvalue weighted by Crippen LogP contribution is -2.13. The van der Waals surface area contributed by atoms with Gasteiger partial charge >= 0.3 is 0 Å². The van der Waals surface area contributed by atoms with Gasteiger partial charge in [0.2, 0.25) is 5.91 Å². The molecule has 0 bridgehead atoms. The van der Waals surface area contributed by atoms with Crippen molar-refractivity contribution >= 4 is 45.0 Å². The average Bonchev–Trinajstić information content (AvgIpc) is 3.12. The normalized spacial score (nSPS) is 10.5. The van der Waals surface area contributed by atoms with E-state index >= 15 is 0 Å². The van der Waals surface area contributed by atoms with Crippen molar-refractivity contribution in [2.75, 3.05) is 11.1 Å². The van der Waals surface area contributed by atoms with Gasteiger partial charge in [-0.05, 0) is 11.4 Å². The molecule has 0 aliphatic carbocycles. The summed E-state index contributed by atoms with van der Waals surface area (Å²) in [7, 11) is 1.80. The molecule has 9 heteroatoms. The second-order valence-corrected chi connectivity index (χ2v) is 6.18. The van der Waals surface area contributed by atoms with Gasteiger partial charge < -0.3 is 5.32 Å². The predicted molar refractivity (Wildman–Crippen MR) is 84.7 cm³/mol. The first-order valence-corrected chi connectivity index (χ1v) is 8.08. The quantitative estimate of drug-likeness (QED) is 0.581. The molecule has 0 aromatic carbocycles. The van der Waals surface area contributed by atoms with Gasteiger partial charge in [0.25, 0.3) is 0 Å². The van der Waals surface area contributed by atoms with Crippen LogP contribution in [0.4, 0.5) is 5.00 Å². The zero-order valence-corrected chi connectivity index (χ0v) is 13.1. The fourth-order valence-corrected chi connectivity index (χ4v) is 3.36. The highest BCUT2D eigenvalue weighted by molar-refractivity contribution is 8.00. The van der Waals surface area contributed by atoms with Crippen molar-refractivity contribution in [3.63, 3.8) is 0 Å². The topological polar surface area (TPSA) is 96.5 Å². The first-order valence-electron chi connectivity index (χ1n) is 6.22. The van der Waals surface area contributed by atoms with Crippen LogP contribution in [0.25, 0.3) is 11.0 Å². The first-order chi connectivity index (χ1) is 10.7. The Balaban J connectivity index is 1.69. The van der Waals surface area contributed by atoms with Crippen LogP contribution in [0.2, 0.25) is 0 Å². The number of hydrogen-bond donors (Lipinski definition) is 1. The summed E-state index contributed by atoms with van der Waals surface area (Å²) < 4.78 is 1.66. The largest absolute Gasteiger partial charge is 0.316 e. The zero-order chi connectivity index (χ0) is 15.5. The molecule has 3 rings (SSSR count). The Morgan fingerprint density at radius 1 is 1.55 bits per heavy atom. The number of fused-ring (bicyclic) bond motifs is 1. The second-order valence-electron chi connectivity index (χ2n) is 4.30. The number of amides is 1. The number of thiophene rings is 1. The van der Waals surface area contributed by atoms with E-state index in [0.717, 1.165) is 11.0 Å². The standard InChI is InChI=1S/C13H10N6OS2/c1-19-11-9(5-17-19)13(16-7-15-11)22-6-10(20)18-12-8(4-14)2-3-21-12/h2-3,5,7H,6H2,1H3,(H,18,20). The Hall–Kier alpha value is -2.44. The lowest BCUT2D eigenvalue weighted by atomic mass is 10.3. The third kappa shape index (κ3) is 2.79. The van der Waals surface area contributed by atoms with Gasteiger partial charge in [0, 0.05) is 7.05 Å². The molecule has 0 radical (unpaired) electrons. The minimum atomic E-state index is -0.181. The number of rotatable bonds is 4. The van der Waals surface area contributed by atoms with Crippen LogP contribution in [-0.2, 0) is 11.8 Å². The number of thioether (sulfide) groups is 1. The third-order valence-electron chi connectivity index (χ3n) is 2.87. The molecule has 1 N–H and O–H groups in total. The summed E-state index contributed by atoms with van der Waals surface area (Å²) >= 11 is 2.64. The molecule has 3 heterocycles. The summed E-state index contributed by atoms with van der Waals surface area (Å²) in [5.74, 6) is 0.0173. The van der Waals surface area contributed by atoms with Crippen molar-refractivity contribution in [3.05, 3.63) is 29.5 Å². The molecule has 3 aromatic heterocycles. The van der Waals surface area contributed by atoms with Gasteiger partial charge in [-0.15, -0.1) is 11.3 Å². The van der Waals surface area contributed by atoms with E-state index in [1.165, 1.54) is 29.4 Å². The molecule has 0 aliphatic rings. The third-order valence-corrected chi connectivity index (χ3v) is 4.71. The Kier molecular flexibility index (Phi) is 4.04. The molecule has 7 nitrogen and oxygen atoms in total. The minimum absolute atomic E-state index is 0.181. The van der Waals surface area contributed by atoms with Crippen molar-refractivity contribution in [2.24, 2.45) is 7.05 Å². The van der Waals surface area contributed by atoms with Crippen LogP contribution in [0.5, 0.6) is 0 Å². The molecule has 3 aromatic rings. The molecular weight excluding hydrogens is 320 g/mol. The maximum absolute atomic E-state index is 12.0. The molecular formula is C13H10N6OS2. The highest BCUT2D eigenvalue weighted by Gasteiger charge is 2.12. The van der Waals surface area contributed by atoms with Crippen LogP contribution < -0.4 is 5.32 Å². The molecule has 0 aliphatic heterocycles. The summed E-state index contributed by atoms with van der Waals surface area (Å²) in [5, 5.41) is 19.7. The maximum Gasteiger partial charge on any atom is 0.235 e. The molecule has 110 valence electrons. The van der Waals surface area contributed by atoms with Crippen molar-refractivity contribution in [1.82, 2.24) is 19.7 Å². The van der Waals surface area contributed by atoms with E-state index in [2.05, 4.69) is 20.4 Å².